The second kappa shape index (κ2) is 5.06. The Bertz CT molecular complexity index is 728. The average molecular weight is 269 g/mol. The van der Waals surface area contributed by atoms with Gasteiger partial charge in [-0.05, 0) is 42.3 Å². The Morgan fingerprint density at radius 3 is 2.85 bits per heavy atom. The molecule has 1 heterocycles. The molecule has 3 nitrogen and oxygen atoms in total. The predicted octanol–water partition coefficient (Wildman–Crippen LogP) is 3.18. The average Bonchev–Trinajstić information content (AvgIpc) is 2.81. The van der Waals surface area contributed by atoms with Gasteiger partial charge in [-0.25, -0.2) is 9.37 Å². The standard InChI is InChI=1S/C16H16FN3/c1-11-6-12(8-13(17)7-11)14(18)9-20-10-19-15-4-2-3-5-16(15)20/h2-8,10,14H,9,18H2,1H3. The molecule has 1 unspecified atom stereocenters. The summed E-state index contributed by atoms with van der Waals surface area (Å²) in [6.07, 6.45) is 1.77. The lowest BCUT2D eigenvalue weighted by Crippen LogP contribution is -2.17. The molecule has 0 radical (unpaired) electrons. The molecule has 4 heteroatoms. The maximum Gasteiger partial charge on any atom is 0.123 e. The van der Waals surface area contributed by atoms with Crippen molar-refractivity contribution in [1.29, 1.82) is 0 Å². The number of rotatable bonds is 3. The number of halogens is 1. The molecule has 0 spiro atoms. The summed E-state index contributed by atoms with van der Waals surface area (Å²) in [5.41, 5.74) is 9.86. The van der Waals surface area contributed by atoms with E-state index in [2.05, 4.69) is 4.98 Å². The van der Waals surface area contributed by atoms with E-state index in [0.29, 0.717) is 6.54 Å². The van der Waals surface area contributed by atoms with E-state index < -0.39 is 0 Å². The first kappa shape index (κ1) is 12.8. The van der Waals surface area contributed by atoms with Gasteiger partial charge in [-0.2, -0.15) is 0 Å². The molecule has 0 aliphatic rings. The van der Waals surface area contributed by atoms with Gasteiger partial charge in [-0.15, -0.1) is 0 Å². The highest BCUT2D eigenvalue weighted by atomic mass is 19.1. The molecular weight excluding hydrogens is 253 g/mol. The molecule has 0 aliphatic heterocycles. The summed E-state index contributed by atoms with van der Waals surface area (Å²) in [7, 11) is 0. The molecule has 20 heavy (non-hydrogen) atoms. The highest BCUT2D eigenvalue weighted by Gasteiger charge is 2.11. The Labute approximate surface area is 116 Å². The van der Waals surface area contributed by atoms with Gasteiger partial charge in [0.05, 0.1) is 17.4 Å². The maximum absolute atomic E-state index is 13.4. The van der Waals surface area contributed by atoms with Crippen LogP contribution in [0.15, 0.2) is 48.8 Å². The van der Waals surface area contributed by atoms with Crippen molar-refractivity contribution in [3.8, 4) is 0 Å². The van der Waals surface area contributed by atoms with Gasteiger partial charge in [0.1, 0.15) is 5.82 Å². The Hall–Kier alpha value is -2.20. The number of hydrogen-bond donors (Lipinski definition) is 1. The largest absolute Gasteiger partial charge is 0.329 e. The highest BCUT2D eigenvalue weighted by Crippen LogP contribution is 2.19. The van der Waals surface area contributed by atoms with E-state index in [-0.39, 0.29) is 11.9 Å². The normalized spacial score (nSPS) is 12.8. The van der Waals surface area contributed by atoms with Crippen molar-refractivity contribution in [2.24, 2.45) is 5.73 Å². The zero-order chi connectivity index (χ0) is 14.1. The van der Waals surface area contributed by atoms with E-state index in [4.69, 9.17) is 5.73 Å². The number of aryl methyl sites for hydroxylation is 1. The van der Waals surface area contributed by atoms with Crippen LogP contribution in [0.5, 0.6) is 0 Å². The minimum absolute atomic E-state index is 0.245. The van der Waals surface area contributed by atoms with Gasteiger partial charge in [-0.3, -0.25) is 0 Å². The summed E-state index contributed by atoms with van der Waals surface area (Å²) < 4.78 is 15.4. The van der Waals surface area contributed by atoms with Crippen LogP contribution in [0.2, 0.25) is 0 Å². The van der Waals surface area contributed by atoms with Crippen LogP contribution in [0.4, 0.5) is 4.39 Å². The van der Waals surface area contributed by atoms with Crippen molar-refractivity contribution >= 4 is 11.0 Å². The van der Waals surface area contributed by atoms with E-state index in [9.17, 15) is 4.39 Å². The van der Waals surface area contributed by atoms with Crippen LogP contribution in [0.1, 0.15) is 17.2 Å². The van der Waals surface area contributed by atoms with E-state index in [0.717, 1.165) is 22.2 Å². The number of nitrogens with two attached hydrogens (primary N) is 1. The number of nitrogens with zero attached hydrogens (tertiary/aromatic N) is 2. The fourth-order valence-corrected chi connectivity index (χ4v) is 2.45. The van der Waals surface area contributed by atoms with E-state index in [1.165, 1.54) is 12.1 Å². The van der Waals surface area contributed by atoms with Gasteiger partial charge in [-0.1, -0.05) is 18.2 Å². The van der Waals surface area contributed by atoms with Crippen LogP contribution in [0, 0.1) is 12.7 Å². The number of aromatic nitrogens is 2. The third-order valence-corrected chi connectivity index (χ3v) is 3.41. The summed E-state index contributed by atoms with van der Waals surface area (Å²) in [4.78, 5) is 4.33. The molecule has 2 aromatic carbocycles. The Morgan fingerprint density at radius 1 is 1.25 bits per heavy atom. The van der Waals surface area contributed by atoms with Crippen LogP contribution in [-0.2, 0) is 6.54 Å². The molecule has 102 valence electrons. The number of para-hydroxylation sites is 2. The van der Waals surface area contributed by atoms with Gasteiger partial charge in [0.2, 0.25) is 0 Å². The SMILES string of the molecule is Cc1cc(F)cc(C(N)Cn2cnc3ccccc32)c1. The van der Waals surface area contributed by atoms with Crippen molar-refractivity contribution in [1.82, 2.24) is 9.55 Å². The molecule has 0 fully saturated rings. The second-order valence-electron chi connectivity index (χ2n) is 5.05. The number of benzene rings is 2. The monoisotopic (exact) mass is 269 g/mol. The lowest BCUT2D eigenvalue weighted by molar-refractivity contribution is 0.576. The summed E-state index contributed by atoms with van der Waals surface area (Å²) >= 11 is 0. The van der Waals surface area contributed by atoms with Crippen LogP contribution in [0.25, 0.3) is 11.0 Å². The van der Waals surface area contributed by atoms with Gasteiger partial charge >= 0.3 is 0 Å². The third kappa shape index (κ3) is 2.42. The van der Waals surface area contributed by atoms with Crippen molar-refractivity contribution in [3.63, 3.8) is 0 Å². The molecule has 0 saturated carbocycles. The molecule has 0 aliphatic carbocycles. The second-order valence-corrected chi connectivity index (χ2v) is 5.05. The summed E-state index contributed by atoms with van der Waals surface area (Å²) in [5.74, 6) is -0.245. The quantitative estimate of drug-likeness (QED) is 0.793. The number of fused-ring (bicyclic) bond motifs is 1. The van der Waals surface area contributed by atoms with Crippen LogP contribution in [-0.4, -0.2) is 9.55 Å². The van der Waals surface area contributed by atoms with E-state index in [1.807, 2.05) is 41.8 Å². The zero-order valence-electron chi connectivity index (χ0n) is 11.3. The van der Waals surface area contributed by atoms with Gasteiger partial charge in [0.15, 0.2) is 0 Å². The minimum atomic E-state index is -0.262. The van der Waals surface area contributed by atoms with Gasteiger partial charge in [0, 0.05) is 12.6 Å². The lowest BCUT2D eigenvalue weighted by atomic mass is 10.0. The Morgan fingerprint density at radius 2 is 2.05 bits per heavy atom. The Kier molecular flexibility index (Phi) is 3.24. The molecule has 1 aromatic heterocycles. The van der Waals surface area contributed by atoms with Crippen molar-refractivity contribution in [3.05, 3.63) is 65.7 Å². The van der Waals surface area contributed by atoms with Crippen molar-refractivity contribution in [2.75, 3.05) is 0 Å². The molecule has 3 rings (SSSR count). The minimum Gasteiger partial charge on any atom is -0.329 e. The Balaban J connectivity index is 1.90. The first-order chi connectivity index (χ1) is 9.63. The summed E-state index contributed by atoms with van der Waals surface area (Å²) in [6.45, 7) is 2.44. The van der Waals surface area contributed by atoms with E-state index in [1.54, 1.807) is 6.33 Å². The zero-order valence-corrected chi connectivity index (χ0v) is 11.3. The fourth-order valence-electron chi connectivity index (χ4n) is 2.45. The van der Waals surface area contributed by atoms with Crippen LogP contribution in [0.3, 0.4) is 0 Å². The third-order valence-electron chi connectivity index (χ3n) is 3.41. The van der Waals surface area contributed by atoms with Crippen LogP contribution < -0.4 is 5.73 Å². The number of imidazole rings is 1. The molecule has 0 bridgehead atoms. The molecular formula is C16H16FN3. The summed E-state index contributed by atoms with van der Waals surface area (Å²) in [5, 5.41) is 0. The highest BCUT2D eigenvalue weighted by molar-refractivity contribution is 5.74. The van der Waals surface area contributed by atoms with Gasteiger partial charge < -0.3 is 10.3 Å². The van der Waals surface area contributed by atoms with Crippen LogP contribution >= 0.6 is 0 Å². The topological polar surface area (TPSA) is 43.8 Å². The maximum atomic E-state index is 13.4. The van der Waals surface area contributed by atoms with Gasteiger partial charge in [0.25, 0.3) is 0 Å². The molecule has 3 aromatic rings. The molecule has 2 N–H and O–H groups in total. The molecule has 0 saturated heterocycles. The summed E-state index contributed by atoms with van der Waals surface area (Å²) in [6, 6.07) is 12.6. The molecule has 0 amide bonds. The lowest BCUT2D eigenvalue weighted by Gasteiger charge is -2.14. The van der Waals surface area contributed by atoms with E-state index >= 15 is 0 Å². The van der Waals surface area contributed by atoms with Crippen molar-refractivity contribution in [2.45, 2.75) is 19.5 Å². The smallest absolute Gasteiger partial charge is 0.123 e. The number of hydrogen-bond acceptors (Lipinski definition) is 2. The predicted molar refractivity (Wildman–Crippen MR) is 77.8 cm³/mol. The molecule has 1 atom stereocenters. The first-order valence-corrected chi connectivity index (χ1v) is 6.56. The fraction of sp³-hybridized carbons (Fsp3) is 0.188. The first-order valence-electron chi connectivity index (χ1n) is 6.56. The van der Waals surface area contributed by atoms with Crippen molar-refractivity contribution < 1.29 is 4.39 Å².